The number of hydrogen-bond donors (Lipinski definition) is 4. The quantitative estimate of drug-likeness (QED) is 0.272. The van der Waals surface area contributed by atoms with Gasteiger partial charge in [0.15, 0.2) is 0 Å². The van der Waals surface area contributed by atoms with E-state index in [0.29, 0.717) is 6.61 Å². The third-order valence-electron chi connectivity index (χ3n) is 3.51. The predicted molar refractivity (Wildman–Crippen MR) is 95.1 cm³/mol. The maximum Gasteiger partial charge on any atom is 0.303 e. The summed E-state index contributed by atoms with van der Waals surface area (Å²) in [5, 5.41) is 16.3. The Morgan fingerprint density at radius 2 is 1.65 bits per heavy atom. The minimum atomic E-state index is -0.973. The van der Waals surface area contributed by atoms with Crippen LogP contribution < -0.4 is 16.0 Å². The van der Waals surface area contributed by atoms with Crippen LogP contribution in [0, 0.1) is 5.92 Å². The van der Waals surface area contributed by atoms with E-state index in [4.69, 9.17) is 9.84 Å². The molecule has 0 aromatic heterocycles. The zero-order valence-electron chi connectivity index (χ0n) is 16.0. The molecule has 0 aliphatic carbocycles. The van der Waals surface area contributed by atoms with E-state index in [0.717, 1.165) is 6.42 Å². The zero-order chi connectivity index (χ0) is 20.1. The number of nitrogens with one attached hydrogen (secondary N) is 3. The molecule has 0 bridgehead atoms. The summed E-state index contributed by atoms with van der Waals surface area (Å²) in [5.74, 6) is -2.42. The fourth-order valence-corrected chi connectivity index (χ4v) is 2.04. The maximum absolute atomic E-state index is 12.4. The fourth-order valence-electron chi connectivity index (χ4n) is 2.04. The van der Waals surface area contributed by atoms with Crippen molar-refractivity contribution in [1.29, 1.82) is 0 Å². The van der Waals surface area contributed by atoms with Gasteiger partial charge in [0, 0.05) is 19.4 Å². The highest BCUT2D eigenvalue weighted by Gasteiger charge is 2.26. The fraction of sp³-hybridized carbons (Fsp3) is 0.765. The van der Waals surface area contributed by atoms with E-state index in [1.165, 1.54) is 0 Å². The second kappa shape index (κ2) is 13.1. The smallest absolute Gasteiger partial charge is 0.303 e. The van der Waals surface area contributed by atoms with E-state index in [1.807, 2.05) is 6.92 Å². The molecular formula is C17H31N3O6. The number of carbonyl (C=O) groups is 4. The van der Waals surface area contributed by atoms with Crippen LogP contribution in [0.25, 0.3) is 0 Å². The molecule has 0 saturated carbocycles. The Morgan fingerprint density at radius 3 is 2.19 bits per heavy atom. The monoisotopic (exact) mass is 373 g/mol. The molecule has 0 aromatic carbocycles. The molecule has 2 atom stereocenters. The summed E-state index contributed by atoms with van der Waals surface area (Å²) < 4.78 is 5.16. The summed E-state index contributed by atoms with van der Waals surface area (Å²) in [6.45, 7) is 7.63. The molecule has 0 aliphatic rings. The number of hydrogen-bond acceptors (Lipinski definition) is 5. The number of amides is 3. The number of ether oxygens (including phenoxy) is 1. The van der Waals surface area contributed by atoms with Crippen molar-refractivity contribution in [2.24, 2.45) is 5.92 Å². The van der Waals surface area contributed by atoms with Gasteiger partial charge in [0.2, 0.25) is 17.7 Å². The Bertz CT molecular complexity index is 481. The van der Waals surface area contributed by atoms with Gasteiger partial charge in [-0.1, -0.05) is 20.8 Å². The number of carboxylic acid groups (broad SMARTS) is 1. The van der Waals surface area contributed by atoms with Crippen molar-refractivity contribution in [2.45, 2.75) is 65.5 Å². The van der Waals surface area contributed by atoms with Gasteiger partial charge >= 0.3 is 5.97 Å². The first-order valence-corrected chi connectivity index (χ1v) is 8.86. The number of rotatable bonds is 13. The molecule has 0 fully saturated rings. The van der Waals surface area contributed by atoms with Crippen LogP contribution in [0.3, 0.4) is 0 Å². The van der Waals surface area contributed by atoms with Crippen LogP contribution in [0.4, 0.5) is 0 Å². The molecular weight excluding hydrogens is 342 g/mol. The first kappa shape index (κ1) is 23.8. The van der Waals surface area contributed by atoms with Crippen LogP contribution in [0.2, 0.25) is 0 Å². The van der Waals surface area contributed by atoms with E-state index >= 15 is 0 Å². The Labute approximate surface area is 154 Å². The Balaban J connectivity index is 4.46. The SMILES string of the molecule is CCCOCNC(=O)C(C)NC(=O)C(NC(=O)CCCC(=O)O)C(C)C. The van der Waals surface area contributed by atoms with E-state index in [2.05, 4.69) is 16.0 Å². The molecule has 0 saturated heterocycles. The Hall–Kier alpha value is -2.16. The van der Waals surface area contributed by atoms with Crippen molar-refractivity contribution in [1.82, 2.24) is 16.0 Å². The molecule has 26 heavy (non-hydrogen) atoms. The molecule has 3 amide bonds. The second-order valence-corrected chi connectivity index (χ2v) is 6.36. The van der Waals surface area contributed by atoms with Gasteiger partial charge in [-0.05, 0) is 25.7 Å². The molecule has 0 radical (unpaired) electrons. The minimum absolute atomic E-state index is 0.0214. The normalized spacial score (nSPS) is 13.0. The van der Waals surface area contributed by atoms with E-state index in [1.54, 1.807) is 20.8 Å². The van der Waals surface area contributed by atoms with Crippen molar-refractivity contribution in [3.8, 4) is 0 Å². The topological polar surface area (TPSA) is 134 Å². The minimum Gasteiger partial charge on any atom is -0.481 e. The number of carboxylic acids is 1. The maximum atomic E-state index is 12.4. The van der Waals surface area contributed by atoms with Crippen LogP contribution in [0.1, 0.15) is 53.4 Å². The largest absolute Gasteiger partial charge is 0.481 e. The van der Waals surface area contributed by atoms with Crippen LogP contribution in [-0.2, 0) is 23.9 Å². The highest BCUT2D eigenvalue weighted by atomic mass is 16.5. The van der Waals surface area contributed by atoms with Gasteiger partial charge in [-0.15, -0.1) is 0 Å². The second-order valence-electron chi connectivity index (χ2n) is 6.36. The van der Waals surface area contributed by atoms with Crippen LogP contribution in [0.15, 0.2) is 0 Å². The van der Waals surface area contributed by atoms with Gasteiger partial charge in [0.25, 0.3) is 0 Å². The van der Waals surface area contributed by atoms with Gasteiger partial charge in [0.05, 0.1) is 0 Å². The Kier molecular flexibility index (Phi) is 12.0. The van der Waals surface area contributed by atoms with E-state index in [-0.39, 0.29) is 37.8 Å². The Morgan fingerprint density at radius 1 is 1.00 bits per heavy atom. The van der Waals surface area contributed by atoms with Crippen LogP contribution in [-0.4, -0.2) is 54.2 Å². The molecule has 0 aromatic rings. The molecule has 0 aliphatic heterocycles. The average molecular weight is 373 g/mol. The molecule has 0 rings (SSSR count). The summed E-state index contributed by atoms with van der Waals surface area (Å²) in [6, 6.07) is -1.59. The average Bonchev–Trinajstić information content (AvgIpc) is 2.55. The van der Waals surface area contributed by atoms with Crippen molar-refractivity contribution >= 4 is 23.7 Å². The standard InChI is InChI=1S/C17H31N3O6/c1-5-9-26-10-18-16(24)12(4)19-17(25)15(11(2)3)20-13(21)7-6-8-14(22)23/h11-12,15H,5-10H2,1-4H3,(H,18,24)(H,19,25)(H,20,21)(H,22,23). The van der Waals surface area contributed by atoms with Gasteiger partial charge in [0.1, 0.15) is 18.8 Å². The molecule has 9 heteroatoms. The van der Waals surface area contributed by atoms with Crippen LogP contribution in [0.5, 0.6) is 0 Å². The van der Waals surface area contributed by atoms with Crippen LogP contribution >= 0.6 is 0 Å². The van der Waals surface area contributed by atoms with Gasteiger partial charge in [-0.3, -0.25) is 19.2 Å². The summed E-state index contributed by atoms with van der Waals surface area (Å²) in [7, 11) is 0. The first-order chi connectivity index (χ1) is 12.2. The highest BCUT2D eigenvalue weighted by molar-refractivity contribution is 5.92. The van der Waals surface area contributed by atoms with Gasteiger partial charge < -0.3 is 25.8 Å². The lowest BCUT2D eigenvalue weighted by molar-refractivity contribution is -0.137. The van der Waals surface area contributed by atoms with Crippen molar-refractivity contribution in [2.75, 3.05) is 13.3 Å². The lowest BCUT2D eigenvalue weighted by atomic mass is 10.0. The first-order valence-electron chi connectivity index (χ1n) is 8.86. The zero-order valence-corrected chi connectivity index (χ0v) is 16.0. The third-order valence-corrected chi connectivity index (χ3v) is 3.51. The van der Waals surface area contributed by atoms with E-state index < -0.39 is 29.9 Å². The molecule has 4 N–H and O–H groups in total. The van der Waals surface area contributed by atoms with Crippen molar-refractivity contribution in [3.63, 3.8) is 0 Å². The summed E-state index contributed by atoms with van der Waals surface area (Å²) in [4.78, 5) is 46.6. The molecule has 0 heterocycles. The lowest BCUT2D eigenvalue weighted by Gasteiger charge is -2.23. The molecule has 9 nitrogen and oxygen atoms in total. The van der Waals surface area contributed by atoms with E-state index in [9.17, 15) is 19.2 Å². The molecule has 2 unspecified atom stereocenters. The van der Waals surface area contributed by atoms with Gasteiger partial charge in [-0.25, -0.2) is 0 Å². The van der Waals surface area contributed by atoms with Crippen molar-refractivity contribution < 1.29 is 29.0 Å². The third kappa shape index (κ3) is 10.7. The van der Waals surface area contributed by atoms with Crippen molar-refractivity contribution in [3.05, 3.63) is 0 Å². The number of carbonyl (C=O) groups excluding carboxylic acids is 3. The number of aliphatic carboxylic acids is 1. The summed E-state index contributed by atoms with van der Waals surface area (Å²) in [5.41, 5.74) is 0. The molecule has 150 valence electrons. The summed E-state index contributed by atoms with van der Waals surface area (Å²) >= 11 is 0. The summed E-state index contributed by atoms with van der Waals surface area (Å²) in [6.07, 6.45) is 0.950. The van der Waals surface area contributed by atoms with Gasteiger partial charge in [-0.2, -0.15) is 0 Å². The predicted octanol–water partition coefficient (Wildman–Crippen LogP) is 0.387. The lowest BCUT2D eigenvalue weighted by Crippen LogP contribution is -2.54. The molecule has 0 spiro atoms. The highest BCUT2D eigenvalue weighted by Crippen LogP contribution is 2.04.